The highest BCUT2D eigenvalue weighted by atomic mass is 16.4. The molecule has 0 unspecified atom stereocenters. The van der Waals surface area contributed by atoms with E-state index in [0.717, 1.165) is 16.5 Å². The van der Waals surface area contributed by atoms with E-state index in [1.54, 1.807) is 6.20 Å². The van der Waals surface area contributed by atoms with E-state index >= 15 is 0 Å². The average Bonchev–Trinajstić information content (AvgIpc) is 3.01. The van der Waals surface area contributed by atoms with E-state index in [4.69, 9.17) is 7.15 Å². The Labute approximate surface area is 141 Å². The largest absolute Gasteiger partial charge is 0.480 e. The Balaban J connectivity index is 2.03. The normalized spacial score (nSPS) is 14.1. The first-order valence-electron chi connectivity index (χ1n) is 8.52. The van der Waals surface area contributed by atoms with Gasteiger partial charge < -0.3 is 26.9 Å². The molecule has 0 aliphatic rings. The van der Waals surface area contributed by atoms with Gasteiger partial charge in [0.25, 0.3) is 0 Å². The van der Waals surface area contributed by atoms with Gasteiger partial charge in [-0.05, 0) is 43.9 Å². The molecule has 1 aromatic heterocycles. The summed E-state index contributed by atoms with van der Waals surface area (Å²) < 4.78 is 7.44. The third kappa shape index (κ3) is 4.56. The van der Waals surface area contributed by atoms with Crippen LogP contribution in [-0.2, 0) is 16.0 Å². The van der Waals surface area contributed by atoms with Crippen LogP contribution in [-0.4, -0.2) is 40.6 Å². The van der Waals surface area contributed by atoms with E-state index in [1.165, 1.54) is 0 Å². The number of carbonyl (C=O) groups is 2. The van der Waals surface area contributed by atoms with E-state index in [9.17, 15) is 14.7 Å². The number of benzene rings is 1. The Bertz CT molecular complexity index is 719. The van der Waals surface area contributed by atoms with Crippen LogP contribution in [0.4, 0.5) is 0 Å². The van der Waals surface area contributed by atoms with E-state index in [0.29, 0.717) is 25.8 Å². The van der Waals surface area contributed by atoms with Gasteiger partial charge in [-0.15, -0.1) is 0 Å². The predicted molar refractivity (Wildman–Crippen MR) is 92.5 cm³/mol. The van der Waals surface area contributed by atoms with Gasteiger partial charge in [0.05, 0.1) is 6.04 Å². The van der Waals surface area contributed by atoms with Crippen molar-refractivity contribution in [2.75, 3.05) is 6.54 Å². The number of hydrogen-bond donors (Lipinski definition) is 5. The number of aromatic nitrogens is 1. The zero-order valence-corrected chi connectivity index (χ0v) is 13.4. The molecule has 0 bridgehead atoms. The maximum atomic E-state index is 12.4. The third-order valence-electron chi connectivity index (χ3n) is 3.98. The number of hydrogen-bond acceptors (Lipinski definition) is 4. The van der Waals surface area contributed by atoms with Crippen LogP contribution in [0.3, 0.4) is 0 Å². The number of rotatable bonds is 10. The molecule has 130 valence electrons. The predicted octanol–water partition coefficient (Wildman–Crippen LogP) is 0.736. The van der Waals surface area contributed by atoms with Crippen LogP contribution in [0.5, 0.6) is 0 Å². The monoisotopic (exact) mass is 333 g/mol. The molecule has 1 heterocycles. The number of aliphatic carboxylic acids is 1. The van der Waals surface area contributed by atoms with Gasteiger partial charge in [0.2, 0.25) is 5.91 Å². The van der Waals surface area contributed by atoms with Crippen LogP contribution in [0.25, 0.3) is 10.9 Å². The summed E-state index contributed by atoms with van der Waals surface area (Å²) in [6.45, 7) is 0.484. The zero-order valence-electron chi connectivity index (χ0n) is 14.4. The highest BCUT2D eigenvalue weighted by molar-refractivity contribution is 5.88. The van der Waals surface area contributed by atoms with Crippen LogP contribution >= 0.6 is 0 Å². The lowest BCUT2D eigenvalue weighted by atomic mass is 10.0. The molecule has 0 aliphatic carbocycles. The standard InChI is InChI=1S/C17H24N4O3/c18-8-4-3-7-15(17(23)24)21-16(22)13(19)9-11-10-20-14-6-2-1-5-12(11)14/h1-2,5-6,10,13,15,20H,3-4,7-9,18-19H2,(H,21,22)(H,23,24)/t13-,15-/m0/s1/i/hD. The SMILES string of the molecule is [2H]N[C@@H](Cc1c[nH]c2ccccc12)C(=O)N[C@@H](CCCCN)C(=O)O. The lowest BCUT2D eigenvalue weighted by molar-refractivity contribution is -0.142. The minimum Gasteiger partial charge on any atom is -0.480 e. The number of aromatic amines is 1. The molecule has 0 saturated heterocycles. The molecule has 24 heavy (non-hydrogen) atoms. The number of carboxylic acids is 1. The van der Waals surface area contributed by atoms with Crippen LogP contribution < -0.4 is 16.8 Å². The highest BCUT2D eigenvalue weighted by Crippen LogP contribution is 2.18. The molecule has 2 aromatic rings. The Morgan fingerprint density at radius 3 is 2.83 bits per heavy atom. The molecule has 2 rings (SSSR count). The van der Waals surface area contributed by atoms with Gasteiger partial charge in [0.1, 0.15) is 7.45 Å². The summed E-state index contributed by atoms with van der Waals surface area (Å²) >= 11 is 0. The summed E-state index contributed by atoms with van der Waals surface area (Å²) in [5, 5.41) is 12.8. The zero-order chi connectivity index (χ0) is 18.2. The van der Waals surface area contributed by atoms with E-state index < -0.39 is 24.0 Å². The molecule has 7 nitrogen and oxygen atoms in total. The van der Waals surface area contributed by atoms with Gasteiger partial charge in [-0.3, -0.25) is 4.79 Å². The number of nitrogens with two attached hydrogens (primary N) is 2. The minimum atomic E-state index is -1.08. The average molecular weight is 333 g/mol. The van der Waals surface area contributed by atoms with Crippen LogP contribution in [0, 0.1) is 0 Å². The number of para-hydroxylation sites is 1. The molecule has 0 radical (unpaired) electrons. The number of H-pyrrole nitrogens is 1. The molecule has 7 N–H and O–H groups in total. The molecular formula is C17H24N4O3. The molecule has 2 atom stereocenters. The van der Waals surface area contributed by atoms with Crippen molar-refractivity contribution in [1.82, 2.24) is 10.3 Å². The molecule has 0 saturated carbocycles. The number of nitrogens with one attached hydrogen (secondary N) is 2. The number of fused-ring (bicyclic) bond motifs is 1. The quantitative estimate of drug-likeness (QED) is 0.409. The second kappa shape index (κ2) is 8.47. The van der Waals surface area contributed by atoms with Gasteiger partial charge in [0.15, 0.2) is 0 Å². The smallest absolute Gasteiger partial charge is 0.326 e. The second-order valence-electron chi connectivity index (χ2n) is 5.80. The van der Waals surface area contributed by atoms with Crippen molar-refractivity contribution in [1.29, 1.82) is 0 Å². The fourth-order valence-electron chi connectivity index (χ4n) is 2.64. The van der Waals surface area contributed by atoms with Crippen molar-refractivity contribution in [3.8, 4) is 0 Å². The molecule has 7 heteroatoms. The van der Waals surface area contributed by atoms with Gasteiger partial charge in [0, 0.05) is 17.1 Å². The van der Waals surface area contributed by atoms with Crippen molar-refractivity contribution >= 4 is 22.8 Å². The molecule has 0 fully saturated rings. The van der Waals surface area contributed by atoms with Gasteiger partial charge >= 0.3 is 5.97 Å². The first-order chi connectivity index (χ1) is 12.1. The fourth-order valence-corrected chi connectivity index (χ4v) is 2.64. The lowest BCUT2D eigenvalue weighted by Crippen LogP contribution is -2.49. The van der Waals surface area contributed by atoms with E-state index in [2.05, 4.69) is 16.0 Å². The Hall–Kier alpha value is -2.38. The molecule has 0 aliphatic heterocycles. The van der Waals surface area contributed by atoms with Crippen molar-refractivity contribution in [3.05, 3.63) is 36.0 Å². The maximum Gasteiger partial charge on any atom is 0.326 e. The minimum absolute atomic E-state index is 0.286. The highest BCUT2D eigenvalue weighted by Gasteiger charge is 2.23. The second-order valence-corrected chi connectivity index (χ2v) is 5.80. The number of unbranched alkanes of at least 4 members (excludes halogenated alkanes) is 1. The van der Waals surface area contributed by atoms with Gasteiger partial charge in [-0.25, -0.2) is 4.79 Å². The first kappa shape index (κ1) is 16.5. The van der Waals surface area contributed by atoms with E-state index in [-0.39, 0.29) is 6.42 Å². The summed E-state index contributed by atoms with van der Waals surface area (Å²) in [5.74, 6) is -1.58. The molecular weight excluding hydrogens is 308 g/mol. The molecule has 1 aromatic carbocycles. The molecule has 0 spiro atoms. The van der Waals surface area contributed by atoms with Crippen molar-refractivity contribution in [2.45, 2.75) is 37.8 Å². The summed E-state index contributed by atoms with van der Waals surface area (Å²) in [7, 11) is 0. The van der Waals surface area contributed by atoms with Crippen molar-refractivity contribution in [3.63, 3.8) is 0 Å². The van der Waals surface area contributed by atoms with Crippen LogP contribution in [0.2, 0.25) is 1.41 Å². The van der Waals surface area contributed by atoms with E-state index in [1.807, 2.05) is 24.3 Å². The Kier molecular flexibility index (Phi) is 5.81. The summed E-state index contributed by atoms with van der Waals surface area (Å²) in [6.07, 6.45) is 3.73. The van der Waals surface area contributed by atoms with Crippen LogP contribution in [0.1, 0.15) is 24.8 Å². The Morgan fingerprint density at radius 1 is 1.33 bits per heavy atom. The summed E-state index contributed by atoms with van der Waals surface area (Å²) in [4.78, 5) is 26.8. The number of amides is 1. The summed E-state index contributed by atoms with van der Waals surface area (Å²) in [6, 6.07) is 5.87. The first-order valence-corrected chi connectivity index (χ1v) is 8.02. The Morgan fingerprint density at radius 2 is 2.12 bits per heavy atom. The fraction of sp³-hybridized carbons (Fsp3) is 0.412. The lowest BCUT2D eigenvalue weighted by Gasteiger charge is -2.17. The number of carboxylic acid groups (broad SMARTS) is 1. The molecule has 1 amide bonds. The number of carbonyl (C=O) groups excluding carboxylic acids is 1. The van der Waals surface area contributed by atoms with Crippen molar-refractivity contribution in [2.24, 2.45) is 11.5 Å². The third-order valence-corrected chi connectivity index (χ3v) is 3.98. The van der Waals surface area contributed by atoms with Gasteiger partial charge in [-0.1, -0.05) is 18.2 Å². The summed E-state index contributed by atoms with van der Waals surface area (Å²) in [5.41, 5.74) is 9.48. The van der Waals surface area contributed by atoms with Crippen LogP contribution in [0.15, 0.2) is 30.5 Å². The van der Waals surface area contributed by atoms with Crippen molar-refractivity contribution < 1.29 is 16.1 Å². The van der Waals surface area contributed by atoms with Gasteiger partial charge in [-0.2, -0.15) is 0 Å². The maximum absolute atomic E-state index is 12.4. The topological polar surface area (TPSA) is 134 Å².